The van der Waals surface area contributed by atoms with E-state index in [-0.39, 0.29) is 42.7 Å². The van der Waals surface area contributed by atoms with E-state index in [9.17, 15) is 28.8 Å². The highest BCUT2D eigenvalue weighted by molar-refractivity contribution is 6.00. The first-order chi connectivity index (χ1) is 21.6. The zero-order valence-corrected chi connectivity index (χ0v) is 25.2. The van der Waals surface area contributed by atoms with Gasteiger partial charge in [-0.1, -0.05) is 30.3 Å². The Labute approximate surface area is 260 Å². The van der Waals surface area contributed by atoms with E-state index < -0.39 is 24.4 Å². The molecular formula is C32H36N6O7. The third-order valence-electron chi connectivity index (χ3n) is 6.63. The molecule has 0 heterocycles. The number of carbonyl (C=O) groups is 6. The number of methoxy groups -OCH3 is 1. The fourth-order valence-electron chi connectivity index (χ4n) is 4.51. The Morgan fingerprint density at radius 1 is 0.911 bits per heavy atom. The molecule has 0 bridgehead atoms. The minimum atomic E-state index is -0.979. The molecule has 0 aromatic heterocycles. The van der Waals surface area contributed by atoms with Gasteiger partial charge in [0, 0.05) is 31.8 Å². The SMILES string of the molecule is COc1ccc(N(C)C(=O)C(Cc2ccccc2)NC(=O)CN(CC(=O)NCC=O)c2ccc(NC(C)=O)cc2NC=O)cc1. The summed E-state index contributed by atoms with van der Waals surface area (Å²) in [7, 11) is 3.14. The van der Waals surface area contributed by atoms with Gasteiger partial charge in [0.05, 0.1) is 38.1 Å². The second-order valence-electron chi connectivity index (χ2n) is 9.91. The Bertz CT molecular complexity index is 1500. The Hall–Kier alpha value is -5.72. The number of anilines is 4. The van der Waals surface area contributed by atoms with Gasteiger partial charge in [-0.3, -0.25) is 24.0 Å². The fraction of sp³-hybridized carbons (Fsp3) is 0.250. The summed E-state index contributed by atoms with van der Waals surface area (Å²) in [5, 5.41) is 10.4. The van der Waals surface area contributed by atoms with E-state index in [1.807, 2.05) is 30.3 Å². The van der Waals surface area contributed by atoms with Gasteiger partial charge in [0.1, 0.15) is 18.1 Å². The molecule has 1 unspecified atom stereocenters. The molecule has 236 valence electrons. The average Bonchev–Trinajstić information content (AvgIpc) is 3.03. The van der Waals surface area contributed by atoms with Gasteiger partial charge >= 0.3 is 0 Å². The van der Waals surface area contributed by atoms with Crippen LogP contribution in [0, 0.1) is 0 Å². The predicted molar refractivity (Wildman–Crippen MR) is 170 cm³/mol. The summed E-state index contributed by atoms with van der Waals surface area (Å²) < 4.78 is 5.20. The van der Waals surface area contributed by atoms with Crippen molar-refractivity contribution >= 4 is 59.1 Å². The Kier molecular flexibility index (Phi) is 12.6. The number of aldehydes is 1. The molecule has 0 saturated heterocycles. The summed E-state index contributed by atoms with van der Waals surface area (Å²) in [4.78, 5) is 76.6. The lowest BCUT2D eigenvalue weighted by molar-refractivity contribution is -0.126. The van der Waals surface area contributed by atoms with E-state index in [0.29, 0.717) is 29.8 Å². The molecule has 13 nitrogen and oxygen atoms in total. The maximum atomic E-state index is 13.7. The summed E-state index contributed by atoms with van der Waals surface area (Å²) in [5.74, 6) is -1.24. The lowest BCUT2D eigenvalue weighted by atomic mass is 10.0. The van der Waals surface area contributed by atoms with Crippen LogP contribution < -0.4 is 35.8 Å². The molecule has 0 spiro atoms. The van der Waals surface area contributed by atoms with E-state index in [1.165, 1.54) is 28.9 Å². The number of benzene rings is 3. The Balaban J connectivity index is 1.91. The van der Waals surface area contributed by atoms with E-state index in [0.717, 1.165) is 5.56 Å². The summed E-state index contributed by atoms with van der Waals surface area (Å²) in [6, 6.07) is 19.7. The zero-order chi connectivity index (χ0) is 32.8. The molecule has 0 radical (unpaired) electrons. The Morgan fingerprint density at radius 2 is 1.60 bits per heavy atom. The lowest BCUT2D eigenvalue weighted by Gasteiger charge is -2.28. The number of hydrogen-bond acceptors (Lipinski definition) is 8. The third-order valence-corrected chi connectivity index (χ3v) is 6.63. The summed E-state index contributed by atoms with van der Waals surface area (Å²) in [6.45, 7) is 0.336. The fourth-order valence-corrected chi connectivity index (χ4v) is 4.51. The van der Waals surface area contributed by atoms with Gasteiger partial charge in [0.15, 0.2) is 0 Å². The van der Waals surface area contributed by atoms with Crippen molar-refractivity contribution in [1.82, 2.24) is 10.6 Å². The molecule has 0 saturated carbocycles. The minimum absolute atomic E-state index is 0.190. The monoisotopic (exact) mass is 616 g/mol. The second-order valence-corrected chi connectivity index (χ2v) is 9.91. The van der Waals surface area contributed by atoms with Gasteiger partial charge in [-0.2, -0.15) is 0 Å². The van der Waals surface area contributed by atoms with E-state index in [1.54, 1.807) is 44.5 Å². The van der Waals surface area contributed by atoms with Gasteiger partial charge < -0.3 is 40.6 Å². The van der Waals surface area contributed by atoms with Crippen LogP contribution in [-0.2, 0) is 35.2 Å². The average molecular weight is 617 g/mol. The van der Waals surface area contributed by atoms with Crippen LogP contribution in [0.1, 0.15) is 12.5 Å². The van der Waals surface area contributed by atoms with Crippen LogP contribution in [0.2, 0.25) is 0 Å². The molecule has 0 fully saturated rings. The number of nitrogens with zero attached hydrogens (tertiary/aromatic N) is 2. The van der Waals surface area contributed by atoms with E-state index in [2.05, 4.69) is 21.3 Å². The topological polar surface area (TPSA) is 166 Å². The molecular weight excluding hydrogens is 580 g/mol. The van der Waals surface area contributed by atoms with Crippen LogP contribution in [-0.4, -0.2) is 76.2 Å². The maximum absolute atomic E-state index is 13.7. The molecule has 0 aliphatic carbocycles. The van der Waals surface area contributed by atoms with Crippen molar-refractivity contribution in [3.05, 3.63) is 78.4 Å². The van der Waals surface area contributed by atoms with Crippen molar-refractivity contribution in [3.8, 4) is 5.75 Å². The van der Waals surface area contributed by atoms with Crippen LogP contribution >= 0.6 is 0 Å². The lowest BCUT2D eigenvalue weighted by Crippen LogP contribution is -2.52. The van der Waals surface area contributed by atoms with Crippen LogP contribution in [0.4, 0.5) is 22.7 Å². The highest BCUT2D eigenvalue weighted by Gasteiger charge is 2.27. The van der Waals surface area contributed by atoms with Gasteiger partial charge in [-0.15, -0.1) is 0 Å². The molecule has 3 aromatic carbocycles. The molecule has 13 heteroatoms. The van der Waals surface area contributed by atoms with E-state index >= 15 is 0 Å². The number of hydrogen-bond donors (Lipinski definition) is 4. The molecule has 1 atom stereocenters. The zero-order valence-electron chi connectivity index (χ0n) is 25.2. The minimum Gasteiger partial charge on any atom is -0.497 e. The summed E-state index contributed by atoms with van der Waals surface area (Å²) >= 11 is 0. The van der Waals surface area contributed by atoms with Crippen LogP contribution in [0.25, 0.3) is 0 Å². The second kappa shape index (κ2) is 16.8. The first kappa shape index (κ1) is 33.8. The van der Waals surface area contributed by atoms with Crippen molar-refractivity contribution in [2.75, 3.05) is 54.2 Å². The molecule has 3 aromatic rings. The molecule has 45 heavy (non-hydrogen) atoms. The smallest absolute Gasteiger partial charge is 0.249 e. The molecule has 3 rings (SSSR count). The number of likely N-dealkylation sites (N-methyl/N-ethyl adjacent to an activating group) is 1. The maximum Gasteiger partial charge on any atom is 0.249 e. The number of ether oxygens (including phenoxy) is 1. The molecule has 0 aliphatic heterocycles. The summed E-state index contributed by atoms with van der Waals surface area (Å²) in [5.41, 5.74) is 2.28. The predicted octanol–water partition coefficient (Wildman–Crippen LogP) is 1.73. The molecule has 0 aliphatic rings. The van der Waals surface area contributed by atoms with Gasteiger partial charge in [0.25, 0.3) is 0 Å². The third kappa shape index (κ3) is 10.2. The molecule has 5 amide bonds. The van der Waals surface area contributed by atoms with Gasteiger partial charge in [-0.05, 0) is 48.0 Å². The van der Waals surface area contributed by atoms with Crippen LogP contribution in [0.5, 0.6) is 5.75 Å². The van der Waals surface area contributed by atoms with Crippen LogP contribution in [0.15, 0.2) is 72.8 Å². The largest absolute Gasteiger partial charge is 0.497 e. The van der Waals surface area contributed by atoms with Gasteiger partial charge in [-0.25, -0.2) is 0 Å². The number of carbonyl (C=O) groups excluding carboxylic acids is 6. The summed E-state index contributed by atoms with van der Waals surface area (Å²) in [6.07, 6.45) is 1.13. The van der Waals surface area contributed by atoms with Crippen molar-refractivity contribution in [2.45, 2.75) is 19.4 Å². The van der Waals surface area contributed by atoms with E-state index in [4.69, 9.17) is 4.74 Å². The highest BCUT2D eigenvalue weighted by atomic mass is 16.5. The number of nitrogens with one attached hydrogen (secondary N) is 4. The first-order valence-corrected chi connectivity index (χ1v) is 14.0. The van der Waals surface area contributed by atoms with Gasteiger partial charge in [0.2, 0.25) is 30.0 Å². The first-order valence-electron chi connectivity index (χ1n) is 14.0. The number of amides is 5. The quantitative estimate of drug-likeness (QED) is 0.177. The van der Waals surface area contributed by atoms with Crippen LogP contribution in [0.3, 0.4) is 0 Å². The van der Waals surface area contributed by atoms with Crippen molar-refractivity contribution in [1.29, 1.82) is 0 Å². The normalized spacial score (nSPS) is 10.9. The van der Waals surface area contributed by atoms with Crippen molar-refractivity contribution < 1.29 is 33.5 Å². The molecule has 4 N–H and O–H groups in total. The standard InChI is InChI=1S/C32H36N6O7/c1-22(41)35-24-9-14-29(27(18-24)34-21-40)38(19-30(42)33-15-16-39)20-31(43)36-28(17-23-7-5-4-6-8-23)32(44)37(2)25-10-12-26(45-3)13-11-25/h4-14,16,18,21,28H,15,17,19-20H2,1-3H3,(H,33,42)(H,34,40)(H,35,41)(H,36,43). The van der Waals surface area contributed by atoms with Crippen molar-refractivity contribution in [2.24, 2.45) is 0 Å². The highest BCUT2D eigenvalue weighted by Crippen LogP contribution is 2.29. The number of rotatable bonds is 16. The van der Waals surface area contributed by atoms with Crippen molar-refractivity contribution in [3.63, 3.8) is 0 Å². The Morgan fingerprint density at radius 3 is 2.22 bits per heavy atom.